The first-order chi connectivity index (χ1) is 18.3. The summed E-state index contributed by atoms with van der Waals surface area (Å²) in [6.45, 7) is 8.26. The monoisotopic (exact) mass is 530 g/mol. The van der Waals surface area contributed by atoms with E-state index in [1.807, 2.05) is 35.2 Å². The predicted octanol–water partition coefficient (Wildman–Crippen LogP) is 3.09. The van der Waals surface area contributed by atoms with Crippen LogP contribution in [0.4, 0.5) is 0 Å². The minimum atomic E-state index is -0.606. The number of ether oxygens (including phenoxy) is 5. The van der Waals surface area contributed by atoms with Gasteiger partial charge in [0.2, 0.25) is 5.75 Å². The van der Waals surface area contributed by atoms with E-state index in [2.05, 4.69) is 18.7 Å². The van der Waals surface area contributed by atoms with E-state index in [1.165, 1.54) is 21.3 Å². The van der Waals surface area contributed by atoms with Crippen LogP contribution in [0.15, 0.2) is 42.5 Å². The molecule has 1 saturated heterocycles. The fraction of sp³-hybridized carbons (Fsp3) is 0.552. The van der Waals surface area contributed by atoms with Gasteiger partial charge in [-0.3, -0.25) is 9.69 Å². The van der Waals surface area contributed by atoms with Crippen molar-refractivity contribution in [3.63, 3.8) is 0 Å². The molecule has 1 N–H and O–H groups in total. The van der Waals surface area contributed by atoms with Crippen LogP contribution in [-0.2, 0) is 16.1 Å². The maximum absolute atomic E-state index is 13.6. The number of hydrogen-bond donors (Lipinski definition) is 1. The van der Waals surface area contributed by atoms with E-state index >= 15 is 0 Å². The van der Waals surface area contributed by atoms with Gasteiger partial charge < -0.3 is 33.7 Å². The van der Waals surface area contributed by atoms with Crippen LogP contribution in [-0.4, -0.2) is 100 Å². The summed E-state index contributed by atoms with van der Waals surface area (Å²) in [5.74, 6) is 1.45. The van der Waals surface area contributed by atoms with Crippen LogP contribution in [0.5, 0.6) is 17.2 Å². The third-order valence-electron chi connectivity index (χ3n) is 6.32. The van der Waals surface area contributed by atoms with Gasteiger partial charge in [0.15, 0.2) is 11.5 Å². The first kappa shape index (κ1) is 29.7. The number of methoxy groups -OCH3 is 3. The van der Waals surface area contributed by atoms with Crippen molar-refractivity contribution >= 4 is 5.91 Å². The highest BCUT2D eigenvalue weighted by atomic mass is 16.5. The van der Waals surface area contributed by atoms with Crippen molar-refractivity contribution in [3.05, 3.63) is 53.6 Å². The van der Waals surface area contributed by atoms with Gasteiger partial charge in [-0.05, 0) is 23.6 Å². The quantitative estimate of drug-likeness (QED) is 0.399. The van der Waals surface area contributed by atoms with Gasteiger partial charge in [0.25, 0.3) is 5.91 Å². The summed E-state index contributed by atoms with van der Waals surface area (Å²) in [6, 6.07) is 13.3. The number of β-amino-alcohol motifs (C(OH)–C–C–N with tert-alkyl or cyclic N) is 1. The van der Waals surface area contributed by atoms with Crippen molar-refractivity contribution in [2.75, 3.05) is 67.3 Å². The van der Waals surface area contributed by atoms with Crippen LogP contribution in [0.3, 0.4) is 0 Å². The smallest absolute Gasteiger partial charge is 0.254 e. The summed E-state index contributed by atoms with van der Waals surface area (Å²) < 4.78 is 28.0. The number of morpholine rings is 1. The minimum absolute atomic E-state index is 0.131. The summed E-state index contributed by atoms with van der Waals surface area (Å²) in [6.07, 6.45) is -0.781. The highest BCUT2D eigenvalue weighted by Crippen LogP contribution is 2.38. The summed E-state index contributed by atoms with van der Waals surface area (Å²) in [5, 5.41) is 10.5. The molecule has 210 valence electrons. The molecule has 0 radical (unpaired) electrons. The van der Waals surface area contributed by atoms with Crippen molar-refractivity contribution in [1.29, 1.82) is 0 Å². The Kier molecular flexibility index (Phi) is 11.7. The Bertz CT molecular complexity index is 977. The molecule has 2 aromatic carbocycles. The molecular formula is C29H42N2O7. The predicted molar refractivity (Wildman–Crippen MR) is 145 cm³/mol. The number of aliphatic hydroxyl groups excluding tert-OH is 1. The molecule has 3 rings (SSSR count). The van der Waals surface area contributed by atoms with Crippen LogP contribution in [0.1, 0.15) is 29.8 Å². The topological polar surface area (TPSA) is 89.9 Å². The molecular weight excluding hydrogens is 488 g/mol. The zero-order valence-corrected chi connectivity index (χ0v) is 23.2. The van der Waals surface area contributed by atoms with E-state index in [9.17, 15) is 9.90 Å². The summed E-state index contributed by atoms with van der Waals surface area (Å²) in [4.78, 5) is 17.6. The molecule has 2 atom stereocenters. The number of aliphatic hydroxyl groups is 1. The molecule has 2 aromatic rings. The van der Waals surface area contributed by atoms with Gasteiger partial charge in [0, 0.05) is 38.3 Å². The van der Waals surface area contributed by atoms with E-state index in [0.29, 0.717) is 62.2 Å². The molecule has 1 aliphatic rings. The number of rotatable bonds is 14. The Hall–Kier alpha value is -2.85. The standard InChI is InChI=1S/C29H42N2O7/c1-21(2)15-31(29(33)23-13-26(34-3)28(36-5)27(14-23)35-4)18-25-17-30(11-12-38-25)16-24(32)20-37-19-22-9-7-6-8-10-22/h6-10,13-14,21,24-25,32H,11-12,15-20H2,1-5H3/t24-,25-/m0/s1. The first-order valence-electron chi connectivity index (χ1n) is 13.1. The van der Waals surface area contributed by atoms with Gasteiger partial charge in [-0.15, -0.1) is 0 Å². The molecule has 0 aromatic heterocycles. The Morgan fingerprint density at radius 1 is 1.11 bits per heavy atom. The van der Waals surface area contributed by atoms with Crippen molar-refractivity contribution in [1.82, 2.24) is 9.80 Å². The van der Waals surface area contributed by atoms with E-state index in [4.69, 9.17) is 23.7 Å². The lowest BCUT2D eigenvalue weighted by atomic mass is 10.1. The average Bonchev–Trinajstić information content (AvgIpc) is 2.92. The number of amides is 1. The largest absolute Gasteiger partial charge is 0.493 e. The van der Waals surface area contributed by atoms with Crippen molar-refractivity contribution < 1.29 is 33.6 Å². The van der Waals surface area contributed by atoms with Crippen LogP contribution in [0.2, 0.25) is 0 Å². The molecule has 9 heteroatoms. The molecule has 1 amide bonds. The SMILES string of the molecule is COc1cc(C(=O)N(CC(C)C)C[C@@H]2CN(C[C@H](O)COCc3ccccc3)CCO2)cc(OC)c1OC. The average molecular weight is 531 g/mol. The van der Waals surface area contributed by atoms with Crippen LogP contribution >= 0.6 is 0 Å². The lowest BCUT2D eigenvalue weighted by Crippen LogP contribution is -2.51. The highest BCUT2D eigenvalue weighted by Gasteiger charge is 2.28. The Balaban J connectivity index is 1.60. The Labute approximate surface area is 226 Å². The van der Waals surface area contributed by atoms with Crippen LogP contribution in [0, 0.1) is 5.92 Å². The number of benzene rings is 2. The first-order valence-corrected chi connectivity index (χ1v) is 13.1. The lowest BCUT2D eigenvalue weighted by Gasteiger charge is -2.37. The van der Waals surface area contributed by atoms with Gasteiger partial charge in [0.1, 0.15) is 0 Å². The number of nitrogens with zero attached hydrogens (tertiary/aromatic N) is 2. The minimum Gasteiger partial charge on any atom is -0.493 e. The van der Waals surface area contributed by atoms with Gasteiger partial charge >= 0.3 is 0 Å². The molecule has 9 nitrogen and oxygen atoms in total. The third-order valence-corrected chi connectivity index (χ3v) is 6.32. The molecule has 0 aliphatic carbocycles. The molecule has 38 heavy (non-hydrogen) atoms. The maximum Gasteiger partial charge on any atom is 0.254 e. The van der Waals surface area contributed by atoms with Gasteiger partial charge in [-0.25, -0.2) is 0 Å². The number of carbonyl (C=O) groups is 1. The second kappa shape index (κ2) is 14.9. The van der Waals surface area contributed by atoms with Crippen LogP contribution < -0.4 is 14.2 Å². The number of carbonyl (C=O) groups excluding carboxylic acids is 1. The van der Waals surface area contributed by atoms with Crippen molar-refractivity contribution in [3.8, 4) is 17.2 Å². The molecule has 0 saturated carbocycles. The third kappa shape index (κ3) is 8.59. The maximum atomic E-state index is 13.6. The normalized spacial score (nSPS) is 16.8. The van der Waals surface area contributed by atoms with Crippen molar-refractivity contribution in [2.24, 2.45) is 5.92 Å². The molecule has 1 aliphatic heterocycles. The van der Waals surface area contributed by atoms with Crippen molar-refractivity contribution in [2.45, 2.75) is 32.7 Å². The number of hydrogen-bond acceptors (Lipinski definition) is 8. The van der Waals surface area contributed by atoms with Gasteiger partial charge in [-0.2, -0.15) is 0 Å². The highest BCUT2D eigenvalue weighted by molar-refractivity contribution is 5.95. The summed E-state index contributed by atoms with van der Waals surface area (Å²) in [5.41, 5.74) is 1.53. The Morgan fingerprint density at radius 3 is 2.39 bits per heavy atom. The molecule has 0 unspecified atom stereocenters. The summed E-state index contributed by atoms with van der Waals surface area (Å²) in [7, 11) is 4.59. The van der Waals surface area contributed by atoms with E-state index < -0.39 is 6.10 Å². The van der Waals surface area contributed by atoms with Gasteiger partial charge in [0.05, 0.1) is 53.4 Å². The Morgan fingerprint density at radius 2 is 1.79 bits per heavy atom. The molecule has 0 bridgehead atoms. The van der Waals surface area contributed by atoms with E-state index in [-0.39, 0.29) is 24.5 Å². The van der Waals surface area contributed by atoms with Gasteiger partial charge in [-0.1, -0.05) is 44.2 Å². The second-order valence-corrected chi connectivity index (χ2v) is 9.92. The van der Waals surface area contributed by atoms with Crippen LogP contribution in [0.25, 0.3) is 0 Å². The fourth-order valence-electron chi connectivity index (χ4n) is 4.61. The summed E-state index contributed by atoms with van der Waals surface area (Å²) >= 11 is 0. The van der Waals surface area contributed by atoms with E-state index in [0.717, 1.165) is 12.1 Å². The van der Waals surface area contributed by atoms with E-state index in [1.54, 1.807) is 12.1 Å². The zero-order chi connectivity index (χ0) is 27.5. The molecule has 1 fully saturated rings. The fourth-order valence-corrected chi connectivity index (χ4v) is 4.61. The molecule has 1 heterocycles. The second-order valence-electron chi connectivity index (χ2n) is 9.92. The lowest BCUT2D eigenvalue weighted by molar-refractivity contribution is -0.0602. The molecule has 0 spiro atoms. The zero-order valence-electron chi connectivity index (χ0n) is 23.2.